The summed E-state index contributed by atoms with van der Waals surface area (Å²) >= 11 is 6.42. The minimum absolute atomic E-state index is 0.119. The Balaban J connectivity index is 1.32. The molecule has 5 rings (SSSR count). The van der Waals surface area contributed by atoms with Gasteiger partial charge in [0, 0.05) is 45.0 Å². The molecule has 0 saturated carbocycles. The first-order chi connectivity index (χ1) is 20.3. The number of nitrogens with one attached hydrogen (secondary N) is 2. The van der Waals surface area contributed by atoms with Crippen molar-refractivity contribution < 1.29 is 13.2 Å². The summed E-state index contributed by atoms with van der Waals surface area (Å²) in [6.07, 6.45) is 7.85. The Hall–Kier alpha value is -3.12. The van der Waals surface area contributed by atoms with Crippen LogP contribution >= 0.6 is 11.6 Å². The standard InChI is InChI=1S/C30H40ClN7O3S/c1-4-41-27-20-23(38-18-14-22(15-19-38)37-16-8-5-9-17-37)12-13-25(27)34-30-32-21-24(31)29(35-30)33-26-10-6-7-11-28(26)42(39,40)36(2)3/h6-7,10-13,20-22H,4-5,8-9,14-19H2,1-3H3,(H2,32,33,34,35). The summed E-state index contributed by atoms with van der Waals surface area (Å²) in [5.74, 6) is 1.29. The van der Waals surface area contributed by atoms with Crippen molar-refractivity contribution in [1.82, 2.24) is 19.2 Å². The van der Waals surface area contributed by atoms with Crippen LogP contribution in [0.1, 0.15) is 39.0 Å². The Bertz CT molecular complexity index is 1470. The number of ether oxygens (including phenoxy) is 1. The van der Waals surface area contributed by atoms with Crippen molar-refractivity contribution in [3.05, 3.63) is 53.7 Å². The predicted molar refractivity (Wildman–Crippen MR) is 169 cm³/mol. The molecule has 2 aliphatic heterocycles. The molecule has 0 atom stereocenters. The predicted octanol–water partition coefficient (Wildman–Crippen LogP) is 5.72. The zero-order valence-corrected chi connectivity index (χ0v) is 26.1. The fourth-order valence-electron chi connectivity index (χ4n) is 5.61. The van der Waals surface area contributed by atoms with Gasteiger partial charge in [-0.3, -0.25) is 0 Å². The van der Waals surface area contributed by atoms with Gasteiger partial charge in [0.1, 0.15) is 15.7 Å². The van der Waals surface area contributed by atoms with E-state index in [1.807, 2.05) is 13.0 Å². The fraction of sp³-hybridized carbons (Fsp3) is 0.467. The summed E-state index contributed by atoms with van der Waals surface area (Å²) in [5.41, 5.74) is 2.23. The van der Waals surface area contributed by atoms with E-state index in [2.05, 4.69) is 42.5 Å². The van der Waals surface area contributed by atoms with Gasteiger partial charge in [0.05, 0.1) is 24.2 Å². The van der Waals surface area contributed by atoms with Gasteiger partial charge in [-0.2, -0.15) is 4.98 Å². The van der Waals surface area contributed by atoms with Crippen LogP contribution in [-0.2, 0) is 10.0 Å². The highest BCUT2D eigenvalue weighted by molar-refractivity contribution is 7.89. The molecule has 0 aliphatic carbocycles. The van der Waals surface area contributed by atoms with Gasteiger partial charge in [-0.15, -0.1) is 0 Å². The Kier molecular flexibility index (Phi) is 9.72. The van der Waals surface area contributed by atoms with Crippen LogP contribution < -0.4 is 20.3 Å². The molecule has 3 aromatic rings. The molecule has 3 heterocycles. The fourth-order valence-corrected chi connectivity index (χ4v) is 6.79. The third kappa shape index (κ3) is 6.91. The van der Waals surface area contributed by atoms with Crippen molar-refractivity contribution in [2.75, 3.05) is 62.4 Å². The van der Waals surface area contributed by atoms with Crippen LogP contribution in [0, 0.1) is 0 Å². The zero-order valence-electron chi connectivity index (χ0n) is 24.5. The van der Waals surface area contributed by atoms with Crippen LogP contribution in [0.3, 0.4) is 0 Å². The average molecular weight is 614 g/mol. The quantitative estimate of drug-likeness (QED) is 0.297. The number of piperidine rings is 2. The molecule has 2 aromatic carbocycles. The second kappa shape index (κ2) is 13.5. The van der Waals surface area contributed by atoms with Gasteiger partial charge in [-0.25, -0.2) is 17.7 Å². The van der Waals surface area contributed by atoms with Crippen molar-refractivity contribution >= 4 is 50.5 Å². The Morgan fingerprint density at radius 3 is 2.45 bits per heavy atom. The monoisotopic (exact) mass is 613 g/mol. The number of likely N-dealkylation sites (tertiary alicyclic amines) is 1. The van der Waals surface area contributed by atoms with E-state index < -0.39 is 10.0 Å². The molecular formula is C30H40ClN7O3S. The van der Waals surface area contributed by atoms with Crippen LogP contribution in [0.2, 0.25) is 5.02 Å². The van der Waals surface area contributed by atoms with Crippen molar-refractivity contribution in [2.24, 2.45) is 0 Å². The first-order valence-corrected chi connectivity index (χ1v) is 16.4. The van der Waals surface area contributed by atoms with Crippen molar-refractivity contribution in [2.45, 2.75) is 50.0 Å². The molecule has 0 unspecified atom stereocenters. The molecule has 0 bridgehead atoms. The molecule has 2 fully saturated rings. The number of anilines is 5. The topological polar surface area (TPSA) is 103 Å². The maximum absolute atomic E-state index is 12.9. The van der Waals surface area contributed by atoms with Crippen LogP contribution in [0.15, 0.2) is 53.6 Å². The Morgan fingerprint density at radius 2 is 1.74 bits per heavy atom. The molecule has 2 saturated heterocycles. The minimum Gasteiger partial charge on any atom is -0.492 e. The number of benzene rings is 2. The van der Waals surface area contributed by atoms with Crippen molar-refractivity contribution in [3.63, 3.8) is 0 Å². The Labute approximate surface area is 254 Å². The SMILES string of the molecule is CCOc1cc(N2CCC(N3CCCCC3)CC2)ccc1Nc1ncc(Cl)c(Nc2ccccc2S(=O)(=O)N(C)C)n1. The minimum atomic E-state index is -3.69. The van der Waals surface area contributed by atoms with Crippen LogP contribution in [0.4, 0.5) is 28.8 Å². The van der Waals surface area contributed by atoms with Gasteiger partial charge in [0.25, 0.3) is 0 Å². The van der Waals surface area contributed by atoms with E-state index in [0.29, 0.717) is 30.0 Å². The van der Waals surface area contributed by atoms with Gasteiger partial charge >= 0.3 is 0 Å². The largest absolute Gasteiger partial charge is 0.492 e. The lowest BCUT2D eigenvalue weighted by molar-refractivity contribution is 0.141. The molecular weight excluding hydrogens is 574 g/mol. The van der Waals surface area contributed by atoms with Gasteiger partial charge in [-0.05, 0) is 70.0 Å². The van der Waals surface area contributed by atoms with E-state index >= 15 is 0 Å². The lowest BCUT2D eigenvalue weighted by Crippen LogP contribution is -2.46. The number of halogens is 1. The third-order valence-corrected chi connectivity index (χ3v) is 10.0. The molecule has 0 amide bonds. The summed E-state index contributed by atoms with van der Waals surface area (Å²) in [6.45, 7) is 7.01. The number of para-hydroxylation sites is 1. The van der Waals surface area contributed by atoms with Gasteiger partial charge in [0.2, 0.25) is 16.0 Å². The maximum atomic E-state index is 12.9. The van der Waals surface area contributed by atoms with Gasteiger partial charge in [0.15, 0.2) is 5.82 Å². The second-order valence-corrected chi connectivity index (χ2v) is 13.4. The van der Waals surface area contributed by atoms with Crippen LogP contribution in [0.25, 0.3) is 0 Å². The molecule has 1 aromatic heterocycles. The smallest absolute Gasteiger partial charge is 0.244 e. The molecule has 0 spiro atoms. The molecule has 12 heteroatoms. The highest BCUT2D eigenvalue weighted by Gasteiger charge is 2.26. The summed E-state index contributed by atoms with van der Waals surface area (Å²) < 4.78 is 32.9. The third-order valence-electron chi connectivity index (χ3n) is 7.89. The molecule has 226 valence electrons. The first-order valence-electron chi connectivity index (χ1n) is 14.6. The summed E-state index contributed by atoms with van der Waals surface area (Å²) in [7, 11) is -0.706. The first kappa shape index (κ1) is 30.3. The summed E-state index contributed by atoms with van der Waals surface area (Å²) in [5, 5.41) is 6.59. The van der Waals surface area contributed by atoms with E-state index in [0.717, 1.165) is 28.8 Å². The Morgan fingerprint density at radius 1 is 1.00 bits per heavy atom. The second-order valence-electron chi connectivity index (χ2n) is 10.9. The number of nitrogens with zero attached hydrogens (tertiary/aromatic N) is 5. The van der Waals surface area contributed by atoms with Crippen LogP contribution in [0.5, 0.6) is 5.75 Å². The normalized spacial score (nSPS) is 16.9. The van der Waals surface area contributed by atoms with E-state index in [4.69, 9.17) is 16.3 Å². The van der Waals surface area contributed by atoms with E-state index in [9.17, 15) is 8.42 Å². The van der Waals surface area contributed by atoms with Gasteiger partial charge < -0.3 is 25.2 Å². The van der Waals surface area contributed by atoms with Crippen LogP contribution in [-0.4, -0.2) is 80.5 Å². The summed E-state index contributed by atoms with van der Waals surface area (Å²) in [4.78, 5) is 14.1. The highest BCUT2D eigenvalue weighted by atomic mass is 35.5. The molecule has 0 radical (unpaired) electrons. The zero-order chi connectivity index (χ0) is 29.7. The molecule has 2 N–H and O–H groups in total. The van der Waals surface area contributed by atoms with Crippen molar-refractivity contribution in [3.8, 4) is 5.75 Å². The molecule has 10 nitrogen and oxygen atoms in total. The lowest BCUT2D eigenvalue weighted by atomic mass is 9.99. The van der Waals surface area contributed by atoms with Gasteiger partial charge in [-0.1, -0.05) is 30.2 Å². The number of rotatable bonds is 10. The average Bonchev–Trinajstić information content (AvgIpc) is 3.00. The highest BCUT2D eigenvalue weighted by Crippen LogP contribution is 2.35. The number of aromatic nitrogens is 2. The number of hydrogen-bond donors (Lipinski definition) is 2. The van der Waals surface area contributed by atoms with E-state index in [-0.39, 0.29) is 15.7 Å². The number of hydrogen-bond acceptors (Lipinski definition) is 9. The number of sulfonamides is 1. The molecule has 42 heavy (non-hydrogen) atoms. The van der Waals surface area contributed by atoms with Crippen molar-refractivity contribution in [1.29, 1.82) is 0 Å². The van der Waals surface area contributed by atoms with E-state index in [1.165, 1.54) is 71.6 Å². The van der Waals surface area contributed by atoms with E-state index in [1.54, 1.807) is 18.2 Å². The maximum Gasteiger partial charge on any atom is 0.244 e. The lowest BCUT2D eigenvalue weighted by Gasteiger charge is -2.41. The molecule has 2 aliphatic rings. The summed E-state index contributed by atoms with van der Waals surface area (Å²) in [6, 6.07) is 13.5.